The molecule has 5 heterocycles. The highest BCUT2D eigenvalue weighted by molar-refractivity contribution is 14.1. The van der Waals surface area contributed by atoms with Crippen molar-refractivity contribution < 1.29 is 78.8 Å². The first-order chi connectivity index (χ1) is 39.8. The molecule has 1 aromatic heterocycles. The quantitative estimate of drug-likeness (QED) is 0.0123. The molecule has 0 bridgehead atoms. The van der Waals surface area contributed by atoms with Gasteiger partial charge in [0.25, 0.3) is 11.4 Å². The molecule has 13 atom stereocenters. The second-order valence-electron chi connectivity index (χ2n) is 22.0. The van der Waals surface area contributed by atoms with Crippen molar-refractivity contribution in [2.75, 3.05) is 4.91 Å². The Balaban J connectivity index is 0.000000584. The number of nitrogens with one attached hydrogen (secondary N) is 4. The lowest BCUT2D eigenvalue weighted by atomic mass is 9.74. The number of hydrogen-bond acceptors (Lipinski definition) is 18. The second kappa shape index (κ2) is 35.9. The van der Waals surface area contributed by atoms with Crippen LogP contribution in [0.4, 0.5) is 11.4 Å². The Morgan fingerprint density at radius 3 is 1.19 bits per heavy atom. The van der Waals surface area contributed by atoms with E-state index in [0.29, 0.717) is 16.0 Å². The minimum Gasteiger partial charge on any atom is -0.481 e. The van der Waals surface area contributed by atoms with Crippen molar-refractivity contribution >= 4 is 129 Å². The average molecular weight is 1450 g/mol. The number of alkyl halides is 1. The van der Waals surface area contributed by atoms with Gasteiger partial charge in [-0.1, -0.05) is 84.9 Å². The number of ketones is 2. The maximum atomic E-state index is 12.3. The molecule has 0 radical (unpaired) electrons. The van der Waals surface area contributed by atoms with Crippen LogP contribution in [0.2, 0.25) is 0 Å². The predicted molar refractivity (Wildman–Crippen MR) is 333 cm³/mol. The number of rotatable bonds is 22. The molecule has 476 valence electrons. The molecule has 86 heavy (non-hydrogen) atoms. The number of β-lactam (4-membered cyclic amide) rings is 4. The van der Waals surface area contributed by atoms with Gasteiger partial charge in [0.05, 0.1) is 75.6 Å². The van der Waals surface area contributed by atoms with Crippen molar-refractivity contribution in [3.63, 3.8) is 0 Å². The van der Waals surface area contributed by atoms with Gasteiger partial charge in [-0.05, 0) is 71.9 Å². The summed E-state index contributed by atoms with van der Waals surface area (Å²) in [6.45, 7) is 19.8. The molecule has 2 aromatic carbocycles. The fourth-order valence-electron chi connectivity index (χ4n) is 9.88. The molecule has 4 aliphatic heterocycles. The molecule has 0 unspecified atom stereocenters. The Morgan fingerprint density at radius 1 is 0.605 bits per heavy atom. The maximum Gasteiger partial charge on any atom is 0.313 e. The molecule has 7 rings (SSSR count). The monoisotopic (exact) mass is 1450 g/mol. The van der Waals surface area contributed by atoms with Crippen LogP contribution in [0.1, 0.15) is 106 Å². The minimum absolute atomic E-state index is 0. The number of carboxylic acids is 1. The van der Waals surface area contributed by atoms with Crippen molar-refractivity contribution in [2.45, 2.75) is 132 Å². The summed E-state index contributed by atoms with van der Waals surface area (Å²) in [4.78, 5) is 141. The van der Waals surface area contributed by atoms with Crippen LogP contribution in [0.3, 0.4) is 0 Å². The molecule has 0 saturated carbocycles. The van der Waals surface area contributed by atoms with Crippen LogP contribution in [-0.2, 0) is 65.8 Å². The topological polar surface area (TPSA) is 382 Å². The van der Waals surface area contributed by atoms with E-state index < -0.39 is 75.8 Å². The van der Waals surface area contributed by atoms with Gasteiger partial charge in [-0.3, -0.25) is 72.7 Å². The van der Waals surface area contributed by atoms with Gasteiger partial charge in [-0.25, -0.2) is 4.98 Å². The zero-order valence-corrected chi connectivity index (χ0v) is 54.8. The Morgan fingerprint density at radius 2 is 0.919 bits per heavy atom. The van der Waals surface area contributed by atoms with Crippen molar-refractivity contribution in [1.82, 2.24) is 30.8 Å². The number of nitro groups is 2. The number of Topliss-reactive ketones (excluding diaryl/α,β-unsaturated/α-hetero) is 2. The lowest BCUT2D eigenvalue weighted by Gasteiger charge is -2.42. The number of nitrogens with zero attached hydrogens (tertiary/aromatic N) is 4. The highest BCUT2D eigenvalue weighted by atomic mass is 127. The number of amides is 4. The van der Waals surface area contributed by atoms with E-state index >= 15 is 0 Å². The standard InChI is InChI=1S/C18H22N2O6.C17H20N2O7.C12H17N3O2.C9H15NO3.CH3I.ClH.HI/c1-10(2)16-17(19-18(16)23)11(3)14(21)8-15(22)26-9-12-4-6-13(7-5-12)20(24)25;1-9(16-15(10(2)20)17(23)18-16)13(21)7-14(22)26-8-11-3-5-12(6-4-11)19(24)25;1-7(2)9-10(14-11(9)16)8(3)12(17)15-5-4-13-6-15;1-4(2)6-7(10-8(6)11)5(3)9(12)13;1-2;;/h4-7,10-11,16-17H,8-9H2,1-3H3,(H,19,23);3-6,9-10,15-16,20H,7-8H2,1-2H3,(H,18,23);4-10H,1-3H3,(H,14,16);4-7H,1-3H3,(H,10,11)(H,12,13);1H3;2*1H/t11-,16+,17+;9-,10+,15+,16+;8-,9-,10-;5-,6-,7-;;;/m0011.../s1/i;;;;1D;;. The number of aromatic nitrogens is 2. The van der Waals surface area contributed by atoms with Crippen LogP contribution < -0.4 is 21.3 Å². The van der Waals surface area contributed by atoms with Gasteiger partial charge in [0, 0.05) is 49.9 Å². The van der Waals surface area contributed by atoms with E-state index in [0.717, 1.165) is 0 Å². The summed E-state index contributed by atoms with van der Waals surface area (Å²) in [6, 6.07) is 10.2. The van der Waals surface area contributed by atoms with Crippen molar-refractivity contribution in [3.8, 4) is 0 Å². The number of hydrogen-bond donors (Lipinski definition) is 6. The Bertz CT molecular complexity index is 2740. The maximum absolute atomic E-state index is 12.3. The molecule has 0 spiro atoms. The van der Waals surface area contributed by atoms with E-state index in [2.05, 4.69) is 26.3 Å². The molecule has 0 aliphatic carbocycles. The molecule has 3 aromatic rings. The van der Waals surface area contributed by atoms with Crippen molar-refractivity contribution in [3.05, 3.63) is 98.6 Å². The molecule has 4 saturated heterocycles. The Labute approximate surface area is 536 Å². The number of imidazole rings is 1. The number of aliphatic hydroxyl groups excluding tert-OH is 1. The Hall–Kier alpha value is -6.54. The highest BCUT2D eigenvalue weighted by Crippen LogP contribution is 2.32. The number of carboxylic acid groups (broad SMARTS) is 1. The third kappa shape index (κ3) is 21.1. The number of esters is 2. The molecule has 6 N–H and O–H groups in total. The molecular weight excluding hydrogens is 1370 g/mol. The average Bonchev–Trinajstić information content (AvgIpc) is 2.89. The largest absolute Gasteiger partial charge is 0.481 e. The summed E-state index contributed by atoms with van der Waals surface area (Å²) in [7, 11) is 0. The van der Waals surface area contributed by atoms with Crippen LogP contribution in [0.5, 0.6) is 0 Å². The summed E-state index contributed by atoms with van der Waals surface area (Å²) >= 11 is 1.96. The summed E-state index contributed by atoms with van der Waals surface area (Å²) < 4.78 is 17.7. The number of carbonyl (C=O) groups excluding carboxylic acids is 9. The van der Waals surface area contributed by atoms with Gasteiger partial charge in [-0.2, -0.15) is 0 Å². The first-order valence-corrected chi connectivity index (χ1v) is 28.6. The van der Waals surface area contributed by atoms with Crippen LogP contribution in [-0.4, -0.2) is 124 Å². The fourth-order valence-corrected chi connectivity index (χ4v) is 9.88. The number of benzene rings is 2. The second-order valence-corrected chi connectivity index (χ2v) is 22.0. The zero-order valence-electron chi connectivity index (χ0n) is 50.5. The third-order valence-corrected chi connectivity index (χ3v) is 15.1. The lowest BCUT2D eigenvalue weighted by molar-refractivity contribution is -0.385. The first-order valence-electron chi connectivity index (χ1n) is 27.8. The summed E-state index contributed by atoms with van der Waals surface area (Å²) in [5.41, 5.74) is 1.03. The van der Waals surface area contributed by atoms with Crippen LogP contribution in [0, 0.1) is 85.3 Å². The molecule has 4 aliphatic rings. The van der Waals surface area contributed by atoms with E-state index in [4.69, 9.17) is 16.0 Å². The van der Waals surface area contributed by atoms with Crippen molar-refractivity contribution in [1.29, 1.82) is 0 Å². The SMILES string of the molecule is CC(C)[C@H]1C(=O)N[C@@H]1[C@@H](C)C(=O)CC(=O)OCc1ccc([N+](=O)[O-])cc1.CC(C)[C@H]1C(=O)N[C@@H]1[C@@H](C)C(=O)O.CC(C)[C@H]1C(=O)N[C@@H]1[C@@H](C)C(=O)n1ccnc1.C[C@@H](O)[C@H]1C(=O)N[C@@H]1[C@@H](C)C(=O)CC(=O)OCc1ccc([N+](=O)[O-])cc1.Cl.I.[2H]CI. The van der Waals surface area contributed by atoms with Crippen molar-refractivity contribution in [2.24, 2.45) is 65.1 Å². The summed E-state index contributed by atoms with van der Waals surface area (Å²) in [6.07, 6.45) is 2.99. The number of carbonyl (C=O) groups is 10. The van der Waals surface area contributed by atoms with Crippen LogP contribution >= 0.6 is 59.0 Å². The molecule has 26 nitrogen and oxygen atoms in total. The third-order valence-electron chi connectivity index (χ3n) is 15.1. The number of non-ortho nitro benzene ring substituents is 2. The number of halogens is 3. The predicted octanol–water partition coefficient (Wildman–Crippen LogP) is 6.23. The normalized spacial score (nSPS) is 22.1. The van der Waals surface area contributed by atoms with Gasteiger partial charge >= 0.3 is 17.9 Å². The van der Waals surface area contributed by atoms with Gasteiger partial charge < -0.3 is 41.0 Å². The van der Waals surface area contributed by atoms with Crippen LogP contribution in [0.25, 0.3) is 0 Å². The number of aliphatic carboxylic acids is 1. The number of nitro benzene ring substituents is 2. The zero-order chi connectivity index (χ0) is 64.3. The van der Waals surface area contributed by atoms with Gasteiger partial charge in [0.2, 0.25) is 29.5 Å². The lowest BCUT2D eigenvalue weighted by Crippen LogP contribution is -2.65. The van der Waals surface area contributed by atoms with E-state index in [-0.39, 0.29) is 162 Å². The number of aliphatic hydroxyl groups is 1. The van der Waals surface area contributed by atoms with E-state index in [1.165, 1.54) is 66.3 Å². The Kier molecular flexibility index (Phi) is 31.6. The molecular formula is C57H79ClI2N8O18. The highest BCUT2D eigenvalue weighted by Gasteiger charge is 2.49. The summed E-state index contributed by atoms with van der Waals surface area (Å²) in [5, 5.41) is 50.3. The molecule has 29 heteroatoms. The molecule has 4 amide bonds. The van der Waals surface area contributed by atoms with E-state index in [1.54, 1.807) is 33.2 Å². The fraction of sp³-hybridized carbons (Fsp3) is 0.561. The van der Waals surface area contributed by atoms with Gasteiger partial charge in [-0.15, -0.1) is 36.4 Å². The minimum atomic E-state index is -0.877. The molecule has 4 fully saturated rings. The van der Waals surface area contributed by atoms with E-state index in [1.807, 2.05) is 71.1 Å². The smallest absolute Gasteiger partial charge is 0.313 e. The van der Waals surface area contributed by atoms with Gasteiger partial charge in [0.15, 0.2) is 0 Å². The summed E-state index contributed by atoms with van der Waals surface area (Å²) in [5.74, 6) is -5.59. The van der Waals surface area contributed by atoms with Crippen LogP contribution in [0.15, 0.2) is 67.3 Å². The van der Waals surface area contributed by atoms with Gasteiger partial charge in [0.1, 0.15) is 43.9 Å². The first kappa shape index (κ1) is 75.6. The van der Waals surface area contributed by atoms with E-state index in [9.17, 15) is 73.3 Å². The number of ether oxygens (including phenoxy) is 2.